The van der Waals surface area contributed by atoms with E-state index in [0.717, 1.165) is 6.54 Å². The molecule has 1 rings (SSSR count). The van der Waals surface area contributed by atoms with E-state index in [1.165, 1.54) is 5.56 Å². The van der Waals surface area contributed by atoms with Crippen LogP contribution in [0.1, 0.15) is 39.2 Å². The van der Waals surface area contributed by atoms with Gasteiger partial charge >= 0.3 is 0 Å². The van der Waals surface area contributed by atoms with Crippen LogP contribution in [0.3, 0.4) is 0 Å². The van der Waals surface area contributed by atoms with Gasteiger partial charge in [-0.3, -0.25) is 0 Å². The Labute approximate surface area is 98.7 Å². The van der Waals surface area contributed by atoms with Gasteiger partial charge in [0, 0.05) is 12.6 Å². The van der Waals surface area contributed by atoms with Crippen LogP contribution < -0.4 is 5.32 Å². The van der Waals surface area contributed by atoms with E-state index < -0.39 is 5.60 Å². The lowest BCUT2D eigenvalue weighted by Crippen LogP contribution is -2.45. The second-order valence-corrected chi connectivity index (χ2v) is 5.10. The predicted octanol–water partition coefficient (Wildman–Crippen LogP) is 2.54. The molecule has 1 aromatic rings. The van der Waals surface area contributed by atoms with Crippen molar-refractivity contribution in [3.05, 3.63) is 35.9 Å². The minimum Gasteiger partial charge on any atom is -0.389 e. The van der Waals surface area contributed by atoms with Crippen LogP contribution in [0.4, 0.5) is 0 Å². The molecule has 0 aromatic heterocycles. The Bertz CT molecular complexity index is 302. The van der Waals surface area contributed by atoms with Crippen LogP contribution >= 0.6 is 0 Å². The standard InChI is InChI=1S/C14H23NO/c1-11(13-8-6-5-7-9-13)10-15-12(2)14(3,4)16/h5-9,11-12,15-16H,10H2,1-4H3. The fourth-order valence-corrected chi connectivity index (χ4v) is 1.50. The van der Waals surface area contributed by atoms with E-state index in [1.807, 2.05) is 26.8 Å². The van der Waals surface area contributed by atoms with Gasteiger partial charge in [-0.25, -0.2) is 0 Å². The first-order valence-electron chi connectivity index (χ1n) is 5.92. The molecule has 0 spiro atoms. The molecule has 2 heteroatoms. The minimum absolute atomic E-state index is 0.0960. The summed E-state index contributed by atoms with van der Waals surface area (Å²) in [6, 6.07) is 10.5. The predicted molar refractivity (Wildman–Crippen MR) is 68.6 cm³/mol. The first-order valence-corrected chi connectivity index (χ1v) is 5.92. The third-order valence-electron chi connectivity index (χ3n) is 3.16. The molecule has 2 atom stereocenters. The number of hydrogen-bond acceptors (Lipinski definition) is 2. The van der Waals surface area contributed by atoms with Gasteiger partial charge in [-0.1, -0.05) is 37.3 Å². The van der Waals surface area contributed by atoms with Gasteiger partial charge in [0.25, 0.3) is 0 Å². The molecule has 0 amide bonds. The van der Waals surface area contributed by atoms with Gasteiger partial charge in [-0.2, -0.15) is 0 Å². The van der Waals surface area contributed by atoms with Crippen molar-refractivity contribution in [1.82, 2.24) is 5.32 Å². The summed E-state index contributed by atoms with van der Waals surface area (Å²) in [5, 5.41) is 13.2. The number of rotatable bonds is 5. The second kappa shape index (κ2) is 5.46. The van der Waals surface area contributed by atoms with E-state index in [0.29, 0.717) is 5.92 Å². The Hall–Kier alpha value is -0.860. The summed E-state index contributed by atoms with van der Waals surface area (Å²) >= 11 is 0. The summed E-state index contributed by atoms with van der Waals surface area (Å²) < 4.78 is 0. The molecule has 2 nitrogen and oxygen atoms in total. The molecule has 16 heavy (non-hydrogen) atoms. The van der Waals surface area contributed by atoms with Gasteiger partial charge in [0.2, 0.25) is 0 Å². The molecule has 0 aliphatic carbocycles. The molecular formula is C14H23NO. The largest absolute Gasteiger partial charge is 0.389 e. The summed E-state index contributed by atoms with van der Waals surface area (Å²) in [5.41, 5.74) is 0.661. The van der Waals surface area contributed by atoms with Crippen molar-refractivity contribution in [3.8, 4) is 0 Å². The first kappa shape index (κ1) is 13.2. The summed E-state index contributed by atoms with van der Waals surface area (Å²) in [4.78, 5) is 0. The average molecular weight is 221 g/mol. The lowest BCUT2D eigenvalue weighted by atomic mass is 9.98. The third-order valence-corrected chi connectivity index (χ3v) is 3.16. The van der Waals surface area contributed by atoms with Crippen LogP contribution in [-0.4, -0.2) is 23.3 Å². The average Bonchev–Trinajstić information content (AvgIpc) is 2.25. The SMILES string of the molecule is CC(CNC(C)C(C)(C)O)c1ccccc1. The summed E-state index contributed by atoms with van der Waals surface area (Å²) in [5.74, 6) is 0.464. The van der Waals surface area contributed by atoms with Gasteiger partial charge in [0.15, 0.2) is 0 Å². The van der Waals surface area contributed by atoms with Crippen LogP contribution in [0.5, 0.6) is 0 Å². The minimum atomic E-state index is -0.670. The van der Waals surface area contributed by atoms with Crippen LogP contribution in [0.25, 0.3) is 0 Å². The molecule has 90 valence electrons. The topological polar surface area (TPSA) is 32.3 Å². The van der Waals surface area contributed by atoms with Crippen LogP contribution in [0.2, 0.25) is 0 Å². The molecule has 0 heterocycles. The van der Waals surface area contributed by atoms with Crippen molar-refractivity contribution in [2.24, 2.45) is 0 Å². The monoisotopic (exact) mass is 221 g/mol. The Balaban J connectivity index is 2.45. The molecule has 1 aromatic carbocycles. The number of nitrogens with one attached hydrogen (secondary N) is 1. The van der Waals surface area contributed by atoms with Gasteiger partial charge in [0.1, 0.15) is 0 Å². The normalized spacial score (nSPS) is 15.8. The smallest absolute Gasteiger partial charge is 0.0741 e. The Morgan fingerprint density at radius 3 is 2.25 bits per heavy atom. The van der Waals surface area contributed by atoms with Gasteiger partial charge in [-0.15, -0.1) is 0 Å². The second-order valence-electron chi connectivity index (χ2n) is 5.10. The lowest BCUT2D eigenvalue weighted by Gasteiger charge is -2.28. The quantitative estimate of drug-likeness (QED) is 0.801. The molecule has 0 saturated heterocycles. The van der Waals surface area contributed by atoms with Crippen molar-refractivity contribution >= 4 is 0 Å². The summed E-state index contributed by atoms with van der Waals surface area (Å²) in [6.45, 7) is 8.75. The summed E-state index contributed by atoms with van der Waals surface area (Å²) in [7, 11) is 0. The van der Waals surface area contributed by atoms with Gasteiger partial charge in [-0.05, 0) is 32.3 Å². The highest BCUT2D eigenvalue weighted by molar-refractivity contribution is 5.19. The maximum absolute atomic E-state index is 9.81. The Morgan fingerprint density at radius 1 is 1.19 bits per heavy atom. The van der Waals surface area contributed by atoms with E-state index in [4.69, 9.17) is 0 Å². The molecule has 0 aliphatic rings. The van der Waals surface area contributed by atoms with E-state index in [2.05, 4.69) is 36.5 Å². The van der Waals surface area contributed by atoms with E-state index in [-0.39, 0.29) is 6.04 Å². The fraction of sp³-hybridized carbons (Fsp3) is 0.571. The molecule has 0 radical (unpaired) electrons. The first-order chi connectivity index (χ1) is 7.41. The molecule has 0 bridgehead atoms. The van der Waals surface area contributed by atoms with Crippen molar-refractivity contribution in [2.75, 3.05) is 6.54 Å². The molecule has 2 N–H and O–H groups in total. The molecule has 0 saturated carbocycles. The van der Waals surface area contributed by atoms with Crippen molar-refractivity contribution in [3.63, 3.8) is 0 Å². The van der Waals surface area contributed by atoms with Crippen molar-refractivity contribution in [2.45, 2.75) is 45.3 Å². The summed E-state index contributed by atoms with van der Waals surface area (Å²) in [6.07, 6.45) is 0. The van der Waals surface area contributed by atoms with Crippen LogP contribution in [-0.2, 0) is 0 Å². The van der Waals surface area contributed by atoms with Crippen molar-refractivity contribution in [1.29, 1.82) is 0 Å². The highest BCUT2D eigenvalue weighted by Gasteiger charge is 2.22. The van der Waals surface area contributed by atoms with Crippen LogP contribution in [0, 0.1) is 0 Å². The van der Waals surface area contributed by atoms with Crippen molar-refractivity contribution < 1.29 is 5.11 Å². The third kappa shape index (κ3) is 3.95. The maximum Gasteiger partial charge on any atom is 0.0741 e. The highest BCUT2D eigenvalue weighted by atomic mass is 16.3. The lowest BCUT2D eigenvalue weighted by molar-refractivity contribution is 0.0440. The fourth-order valence-electron chi connectivity index (χ4n) is 1.50. The van der Waals surface area contributed by atoms with Gasteiger partial charge < -0.3 is 10.4 Å². The zero-order valence-electron chi connectivity index (χ0n) is 10.7. The number of benzene rings is 1. The zero-order valence-corrected chi connectivity index (χ0v) is 10.7. The number of hydrogen-bond donors (Lipinski definition) is 2. The molecular weight excluding hydrogens is 198 g/mol. The van der Waals surface area contributed by atoms with E-state index in [1.54, 1.807) is 0 Å². The van der Waals surface area contributed by atoms with E-state index in [9.17, 15) is 5.11 Å². The molecule has 0 aliphatic heterocycles. The Morgan fingerprint density at radius 2 is 1.75 bits per heavy atom. The van der Waals surface area contributed by atoms with Crippen LogP contribution in [0.15, 0.2) is 30.3 Å². The maximum atomic E-state index is 9.81. The van der Waals surface area contributed by atoms with Gasteiger partial charge in [0.05, 0.1) is 5.60 Å². The molecule has 2 unspecified atom stereocenters. The Kier molecular flexibility index (Phi) is 4.51. The zero-order chi connectivity index (χ0) is 12.2. The van der Waals surface area contributed by atoms with E-state index >= 15 is 0 Å². The number of aliphatic hydroxyl groups is 1. The molecule has 0 fully saturated rings. The highest BCUT2D eigenvalue weighted by Crippen LogP contribution is 2.14.